The van der Waals surface area contributed by atoms with Crippen LogP contribution < -0.4 is 19.3 Å². The zero-order chi connectivity index (χ0) is 21.1. The molecule has 158 valence electrons. The number of benzene rings is 1. The Bertz CT molecular complexity index is 912. The third-order valence-corrected chi connectivity index (χ3v) is 5.60. The van der Waals surface area contributed by atoms with E-state index in [0.717, 1.165) is 5.82 Å². The number of nitrogens with zero attached hydrogens (tertiary/aromatic N) is 5. The number of ether oxygens (including phenoxy) is 2. The van der Waals surface area contributed by atoms with E-state index in [1.807, 2.05) is 35.2 Å². The lowest BCUT2D eigenvalue weighted by atomic mass is 10.1. The van der Waals surface area contributed by atoms with Crippen molar-refractivity contribution in [3.8, 4) is 11.6 Å². The molecule has 1 aromatic heterocycles. The molecular formula is C21H25N5O4. The number of carbonyl (C=O) groups is 2. The van der Waals surface area contributed by atoms with E-state index in [1.165, 1.54) is 0 Å². The topological polar surface area (TPSA) is 88.1 Å². The fraction of sp³-hybridized carbons (Fsp3) is 0.429. The summed E-state index contributed by atoms with van der Waals surface area (Å²) in [6, 6.07) is 11.0. The van der Waals surface area contributed by atoms with E-state index in [1.54, 1.807) is 25.2 Å². The summed E-state index contributed by atoms with van der Waals surface area (Å²) in [6.07, 6.45) is 0.223. The molecule has 0 bridgehead atoms. The number of piperazine rings is 1. The Morgan fingerprint density at radius 1 is 1.00 bits per heavy atom. The highest BCUT2D eigenvalue weighted by molar-refractivity contribution is 6.01. The minimum Gasteiger partial charge on any atom is -0.495 e. The Balaban J connectivity index is 1.37. The molecular weight excluding hydrogens is 386 g/mol. The first-order chi connectivity index (χ1) is 14.6. The van der Waals surface area contributed by atoms with Gasteiger partial charge in [0.25, 0.3) is 0 Å². The van der Waals surface area contributed by atoms with Crippen LogP contribution in [0.3, 0.4) is 0 Å². The third kappa shape index (κ3) is 3.87. The lowest BCUT2D eigenvalue weighted by molar-refractivity contribution is -0.136. The number of amides is 2. The Morgan fingerprint density at radius 2 is 1.77 bits per heavy atom. The van der Waals surface area contributed by atoms with Gasteiger partial charge in [-0.1, -0.05) is 12.1 Å². The average Bonchev–Trinajstić information content (AvgIpc) is 3.20. The summed E-state index contributed by atoms with van der Waals surface area (Å²) >= 11 is 0. The second kappa shape index (κ2) is 8.56. The van der Waals surface area contributed by atoms with E-state index in [2.05, 4.69) is 15.1 Å². The molecule has 0 saturated carbocycles. The first-order valence-corrected chi connectivity index (χ1v) is 9.95. The van der Waals surface area contributed by atoms with E-state index in [9.17, 15) is 9.59 Å². The number of hydrogen-bond donors (Lipinski definition) is 0. The summed E-state index contributed by atoms with van der Waals surface area (Å²) in [7, 11) is 3.13. The minimum absolute atomic E-state index is 0.0289. The number of methoxy groups -OCH3 is 2. The Kier molecular flexibility index (Phi) is 5.69. The summed E-state index contributed by atoms with van der Waals surface area (Å²) in [6.45, 7) is 2.90. The molecule has 1 atom stereocenters. The molecule has 0 radical (unpaired) electrons. The van der Waals surface area contributed by atoms with E-state index in [0.29, 0.717) is 50.0 Å². The number of hydrogen-bond acceptors (Lipinski definition) is 7. The monoisotopic (exact) mass is 411 g/mol. The summed E-state index contributed by atoms with van der Waals surface area (Å²) in [5.74, 6) is 1.51. The highest BCUT2D eigenvalue weighted by atomic mass is 16.5. The van der Waals surface area contributed by atoms with Crippen LogP contribution in [0.25, 0.3) is 0 Å². The molecule has 2 fully saturated rings. The number of anilines is 2. The summed E-state index contributed by atoms with van der Waals surface area (Å²) in [4.78, 5) is 31.2. The van der Waals surface area contributed by atoms with Gasteiger partial charge in [0.2, 0.25) is 17.7 Å². The fourth-order valence-electron chi connectivity index (χ4n) is 3.96. The van der Waals surface area contributed by atoms with Crippen molar-refractivity contribution >= 4 is 23.3 Å². The largest absolute Gasteiger partial charge is 0.495 e. The van der Waals surface area contributed by atoms with Crippen LogP contribution >= 0.6 is 0 Å². The molecule has 1 aromatic carbocycles. The molecule has 2 amide bonds. The van der Waals surface area contributed by atoms with Crippen LogP contribution in [0.1, 0.15) is 6.42 Å². The van der Waals surface area contributed by atoms with Crippen molar-refractivity contribution in [2.45, 2.75) is 6.42 Å². The van der Waals surface area contributed by atoms with Crippen LogP contribution in [-0.4, -0.2) is 73.9 Å². The van der Waals surface area contributed by atoms with E-state index >= 15 is 0 Å². The quantitative estimate of drug-likeness (QED) is 0.730. The summed E-state index contributed by atoms with van der Waals surface area (Å²) in [5, 5.41) is 8.18. The maximum atomic E-state index is 13.1. The number of para-hydroxylation sites is 2. The highest BCUT2D eigenvalue weighted by Gasteiger charge is 2.38. The van der Waals surface area contributed by atoms with Gasteiger partial charge >= 0.3 is 0 Å². The molecule has 0 spiro atoms. The zero-order valence-corrected chi connectivity index (χ0v) is 17.2. The number of aromatic nitrogens is 2. The SMILES string of the molecule is COc1ccc(N2CCN(C(=O)C3CC(=O)N(c4ccccc4OC)C3)CC2)nn1. The molecule has 9 nitrogen and oxygen atoms in total. The van der Waals surface area contributed by atoms with Gasteiger partial charge in [-0.25, -0.2) is 0 Å². The van der Waals surface area contributed by atoms with E-state index < -0.39 is 0 Å². The van der Waals surface area contributed by atoms with Gasteiger partial charge in [-0.05, 0) is 18.2 Å². The fourth-order valence-corrected chi connectivity index (χ4v) is 3.96. The molecule has 30 heavy (non-hydrogen) atoms. The standard InChI is InChI=1S/C21H25N5O4/c1-29-17-6-4-3-5-16(17)26-14-15(13-20(26)27)21(28)25-11-9-24(10-12-25)18-7-8-19(30-2)23-22-18/h3-8,15H,9-14H2,1-2H3. The second-order valence-corrected chi connectivity index (χ2v) is 7.32. The lowest BCUT2D eigenvalue weighted by Gasteiger charge is -2.36. The van der Waals surface area contributed by atoms with Gasteiger partial charge in [0.15, 0.2) is 5.82 Å². The van der Waals surface area contributed by atoms with Crippen LogP contribution in [0.15, 0.2) is 36.4 Å². The predicted octanol–water partition coefficient (Wildman–Crippen LogP) is 1.20. The molecule has 2 aliphatic heterocycles. The van der Waals surface area contributed by atoms with Gasteiger partial charge in [-0.3, -0.25) is 9.59 Å². The Morgan fingerprint density at radius 3 is 2.43 bits per heavy atom. The molecule has 2 saturated heterocycles. The maximum Gasteiger partial charge on any atom is 0.233 e. The molecule has 0 aliphatic carbocycles. The van der Waals surface area contributed by atoms with Crippen LogP contribution in [0.2, 0.25) is 0 Å². The van der Waals surface area contributed by atoms with Gasteiger partial charge in [0.1, 0.15) is 5.75 Å². The predicted molar refractivity (Wildman–Crippen MR) is 111 cm³/mol. The second-order valence-electron chi connectivity index (χ2n) is 7.32. The Hall–Kier alpha value is -3.36. The molecule has 4 rings (SSSR count). The number of carbonyl (C=O) groups excluding carboxylic acids is 2. The first-order valence-electron chi connectivity index (χ1n) is 9.95. The molecule has 2 aromatic rings. The van der Waals surface area contributed by atoms with Crippen LogP contribution in [-0.2, 0) is 9.59 Å². The van der Waals surface area contributed by atoms with Crippen molar-refractivity contribution in [3.63, 3.8) is 0 Å². The van der Waals surface area contributed by atoms with Crippen LogP contribution in [0, 0.1) is 5.92 Å². The van der Waals surface area contributed by atoms with Crippen molar-refractivity contribution in [1.82, 2.24) is 15.1 Å². The van der Waals surface area contributed by atoms with Gasteiger partial charge in [0, 0.05) is 45.2 Å². The van der Waals surface area contributed by atoms with Crippen molar-refractivity contribution in [3.05, 3.63) is 36.4 Å². The smallest absolute Gasteiger partial charge is 0.233 e. The van der Waals surface area contributed by atoms with Gasteiger partial charge in [-0.2, -0.15) is 0 Å². The maximum absolute atomic E-state index is 13.1. The first kappa shape index (κ1) is 19.9. The van der Waals surface area contributed by atoms with Crippen molar-refractivity contribution in [2.24, 2.45) is 5.92 Å². The van der Waals surface area contributed by atoms with Crippen LogP contribution in [0.5, 0.6) is 11.6 Å². The molecule has 9 heteroatoms. The molecule has 3 heterocycles. The summed E-state index contributed by atoms with van der Waals surface area (Å²) < 4.78 is 10.4. The van der Waals surface area contributed by atoms with E-state index in [-0.39, 0.29) is 24.2 Å². The summed E-state index contributed by atoms with van der Waals surface area (Å²) in [5.41, 5.74) is 0.711. The van der Waals surface area contributed by atoms with Gasteiger partial charge < -0.3 is 24.2 Å². The molecule has 1 unspecified atom stereocenters. The normalized spacial score (nSPS) is 19.2. The van der Waals surface area contributed by atoms with Gasteiger partial charge in [-0.15, -0.1) is 10.2 Å². The highest BCUT2D eigenvalue weighted by Crippen LogP contribution is 2.33. The van der Waals surface area contributed by atoms with Crippen molar-refractivity contribution in [1.29, 1.82) is 0 Å². The Labute approximate surface area is 175 Å². The molecule has 0 N–H and O–H groups in total. The lowest BCUT2D eigenvalue weighted by Crippen LogP contribution is -2.51. The van der Waals surface area contributed by atoms with Crippen molar-refractivity contribution < 1.29 is 19.1 Å². The van der Waals surface area contributed by atoms with Crippen LogP contribution in [0.4, 0.5) is 11.5 Å². The van der Waals surface area contributed by atoms with E-state index in [4.69, 9.17) is 9.47 Å². The minimum atomic E-state index is -0.338. The van der Waals surface area contributed by atoms with Gasteiger partial charge in [0.05, 0.1) is 25.8 Å². The molecule has 2 aliphatic rings. The van der Waals surface area contributed by atoms with Crippen molar-refractivity contribution in [2.75, 3.05) is 56.7 Å². The third-order valence-electron chi connectivity index (χ3n) is 5.60. The average molecular weight is 411 g/mol. The zero-order valence-electron chi connectivity index (χ0n) is 17.2. The number of rotatable bonds is 5.